The summed E-state index contributed by atoms with van der Waals surface area (Å²) in [7, 11) is 0. The first kappa shape index (κ1) is 33.7. The number of rotatable bonds is 4. The second-order valence-corrected chi connectivity index (χ2v) is 15.8. The normalized spacial score (nSPS) is 27.4. The highest BCUT2D eigenvalue weighted by atomic mass is 35.5. The summed E-state index contributed by atoms with van der Waals surface area (Å²) in [6.45, 7) is 0. The number of phenols is 1. The Hall–Kier alpha value is -5.84. The maximum Gasteiger partial charge on any atom is 0.258 e. The number of para-hydroxylation sites is 2. The third kappa shape index (κ3) is 4.55. The minimum absolute atomic E-state index is 0.0705. The van der Waals surface area contributed by atoms with Crippen LogP contribution in [0.1, 0.15) is 24.3 Å². The first-order chi connectivity index (χ1) is 26.5. The third-order valence-electron chi connectivity index (χ3n) is 11.8. The number of hydrogen-bond acceptors (Lipinski definition) is 7. The van der Waals surface area contributed by atoms with Crippen molar-refractivity contribution >= 4 is 80.1 Å². The molecule has 0 radical (unpaired) electrons. The van der Waals surface area contributed by atoms with Gasteiger partial charge in [0.25, 0.3) is 11.8 Å². The lowest BCUT2D eigenvalue weighted by Gasteiger charge is -2.51. The van der Waals surface area contributed by atoms with Gasteiger partial charge < -0.3 is 9.52 Å². The molecule has 1 aromatic heterocycles. The number of aromatic nitrogens is 1. The van der Waals surface area contributed by atoms with E-state index < -0.39 is 62.9 Å². The molecule has 5 aromatic carbocycles. The zero-order chi connectivity index (χ0) is 38.0. The number of carbonyl (C=O) groups excluding carboxylic acids is 4. The average molecular weight is 773 g/mol. The summed E-state index contributed by atoms with van der Waals surface area (Å²) < 4.78 is 19.9. The van der Waals surface area contributed by atoms with Gasteiger partial charge in [-0.05, 0) is 96.3 Å². The molecule has 2 saturated heterocycles. The van der Waals surface area contributed by atoms with E-state index in [4.69, 9.17) is 27.6 Å². The molecule has 55 heavy (non-hydrogen) atoms. The van der Waals surface area contributed by atoms with Gasteiger partial charge in [-0.2, -0.15) is 0 Å². The largest absolute Gasteiger partial charge is 0.508 e. The first-order valence-corrected chi connectivity index (χ1v) is 18.5. The van der Waals surface area contributed by atoms with E-state index in [2.05, 4.69) is 4.98 Å². The molecule has 6 atom stereocenters. The number of alkyl halides is 2. The van der Waals surface area contributed by atoms with Crippen molar-refractivity contribution in [1.82, 2.24) is 4.98 Å². The summed E-state index contributed by atoms with van der Waals surface area (Å²) in [5.41, 5.74) is 3.22. The van der Waals surface area contributed by atoms with Crippen LogP contribution in [0.3, 0.4) is 0 Å². The highest BCUT2D eigenvalue weighted by Crippen LogP contribution is 2.67. The summed E-state index contributed by atoms with van der Waals surface area (Å²) in [5, 5.41) is 12.9. The van der Waals surface area contributed by atoms with E-state index in [1.54, 1.807) is 42.5 Å². The summed E-state index contributed by atoms with van der Waals surface area (Å²) in [5.74, 6) is -6.69. The van der Waals surface area contributed by atoms with Crippen molar-refractivity contribution < 1.29 is 33.1 Å². The number of halogens is 3. The summed E-state index contributed by atoms with van der Waals surface area (Å²) in [6, 6.07) is 29.5. The van der Waals surface area contributed by atoms with E-state index in [9.17, 15) is 28.7 Å². The topological polar surface area (TPSA) is 121 Å². The van der Waals surface area contributed by atoms with Crippen LogP contribution in [0.15, 0.2) is 125 Å². The average Bonchev–Trinajstić information content (AvgIpc) is 3.78. The highest BCUT2D eigenvalue weighted by Gasteiger charge is 2.77. The lowest BCUT2D eigenvalue weighted by atomic mass is 9.56. The smallest absolute Gasteiger partial charge is 0.258 e. The molecule has 3 fully saturated rings. The molecule has 4 aliphatic rings. The number of phenolic OH excluding ortho intramolecular Hbond substituents is 1. The molecular formula is C43H28Cl2FN3O6. The fourth-order valence-corrected chi connectivity index (χ4v) is 10.2. The molecule has 2 aliphatic heterocycles. The van der Waals surface area contributed by atoms with Crippen molar-refractivity contribution in [2.24, 2.45) is 17.8 Å². The molecule has 4 amide bonds. The monoisotopic (exact) mass is 771 g/mol. The van der Waals surface area contributed by atoms with Gasteiger partial charge in [-0.15, -0.1) is 23.2 Å². The van der Waals surface area contributed by atoms with Crippen molar-refractivity contribution in [2.45, 2.75) is 28.5 Å². The molecule has 1 saturated carbocycles. The number of oxazole rings is 1. The number of fused-ring (bicyclic) bond motifs is 6. The Morgan fingerprint density at radius 3 is 2.22 bits per heavy atom. The van der Waals surface area contributed by atoms with Gasteiger partial charge in [-0.1, -0.05) is 54.1 Å². The number of benzene rings is 5. The zero-order valence-corrected chi connectivity index (χ0v) is 30.2. The van der Waals surface area contributed by atoms with Crippen LogP contribution >= 0.6 is 23.2 Å². The van der Waals surface area contributed by atoms with Crippen LogP contribution in [0.25, 0.3) is 33.3 Å². The van der Waals surface area contributed by atoms with Crippen molar-refractivity contribution in [1.29, 1.82) is 0 Å². The van der Waals surface area contributed by atoms with Crippen LogP contribution in [0.4, 0.5) is 15.8 Å². The van der Waals surface area contributed by atoms with Gasteiger partial charge in [-0.3, -0.25) is 24.1 Å². The van der Waals surface area contributed by atoms with E-state index >= 15 is 0 Å². The van der Waals surface area contributed by atoms with Crippen molar-refractivity contribution in [3.63, 3.8) is 0 Å². The summed E-state index contributed by atoms with van der Waals surface area (Å²) >= 11 is 15.1. The standard InChI is InChI=1S/C43H28Cl2FN3O6/c44-42-21-30-28(18-19-29-34(30)39(52)48(38(29)51)25-14-9-23(10-15-25)37-47-31-7-3-4-8-33(31)55-37)36(35-27-6-2-1-5-22(27)11-20-32(35)50)43(42,45)41(54)49(40(42)53)26-16-12-24(46)13-17-26/h1-18,20,29-30,34,36,50H,19,21H2. The summed E-state index contributed by atoms with van der Waals surface area (Å²) in [4.78, 5) is 60.5. The van der Waals surface area contributed by atoms with Crippen molar-refractivity contribution in [3.05, 3.63) is 132 Å². The predicted octanol–water partition coefficient (Wildman–Crippen LogP) is 8.26. The fraction of sp³-hybridized carbons (Fsp3) is 0.186. The van der Waals surface area contributed by atoms with Crippen molar-refractivity contribution in [2.75, 3.05) is 9.80 Å². The molecule has 1 N–H and O–H groups in total. The molecule has 10 rings (SSSR count). The van der Waals surface area contributed by atoms with Gasteiger partial charge in [0.05, 0.1) is 23.2 Å². The summed E-state index contributed by atoms with van der Waals surface area (Å²) in [6.07, 6.45) is 1.72. The number of anilines is 2. The number of carbonyl (C=O) groups is 4. The van der Waals surface area contributed by atoms with Gasteiger partial charge >= 0.3 is 0 Å². The molecule has 272 valence electrons. The molecule has 6 unspecified atom stereocenters. The lowest BCUT2D eigenvalue weighted by Crippen LogP contribution is -2.60. The zero-order valence-electron chi connectivity index (χ0n) is 28.7. The lowest BCUT2D eigenvalue weighted by molar-refractivity contribution is -0.125. The SMILES string of the molecule is O=C1C2CC=C3C(CC4(Cl)C(=O)N(c5ccc(F)cc5)C(=O)C4(Cl)C3c3c(O)ccc4ccccc34)C2C(=O)N1c1ccc(-c2nc3ccccc3o2)cc1. The molecule has 6 aromatic rings. The quantitative estimate of drug-likeness (QED) is 0.109. The molecule has 12 heteroatoms. The second kappa shape index (κ2) is 11.8. The number of imide groups is 2. The van der Waals surface area contributed by atoms with E-state index in [1.807, 2.05) is 42.5 Å². The number of nitrogens with zero attached hydrogens (tertiary/aromatic N) is 3. The van der Waals surface area contributed by atoms with Gasteiger partial charge in [0.2, 0.25) is 17.7 Å². The minimum Gasteiger partial charge on any atom is -0.508 e. The Morgan fingerprint density at radius 1 is 0.764 bits per heavy atom. The Labute approximate surface area is 322 Å². The molecule has 9 nitrogen and oxygen atoms in total. The van der Waals surface area contributed by atoms with Crippen LogP contribution in [0, 0.1) is 23.6 Å². The fourth-order valence-electron chi connectivity index (χ4n) is 9.31. The van der Waals surface area contributed by atoms with E-state index in [1.165, 1.54) is 23.1 Å². The Kier molecular flexibility index (Phi) is 7.25. The molecular weight excluding hydrogens is 744 g/mol. The van der Waals surface area contributed by atoms with Gasteiger partial charge in [0.15, 0.2) is 15.3 Å². The molecule has 3 heterocycles. The highest BCUT2D eigenvalue weighted by molar-refractivity contribution is 6.58. The molecule has 2 aliphatic carbocycles. The second-order valence-electron chi connectivity index (χ2n) is 14.5. The maximum absolute atomic E-state index is 14.8. The molecule has 0 bridgehead atoms. The number of amides is 4. The Morgan fingerprint density at radius 2 is 1.45 bits per heavy atom. The van der Waals surface area contributed by atoms with Crippen LogP contribution in [-0.2, 0) is 19.2 Å². The van der Waals surface area contributed by atoms with Crippen molar-refractivity contribution in [3.8, 4) is 17.2 Å². The third-order valence-corrected chi connectivity index (χ3v) is 13.2. The van der Waals surface area contributed by atoms with Gasteiger partial charge in [0.1, 0.15) is 17.1 Å². The van der Waals surface area contributed by atoms with E-state index in [-0.39, 0.29) is 29.8 Å². The number of allylic oxidation sites excluding steroid dienone is 2. The minimum atomic E-state index is -2.19. The van der Waals surface area contributed by atoms with Crippen LogP contribution in [0.5, 0.6) is 5.75 Å². The number of aromatic hydroxyl groups is 1. The Bertz CT molecular complexity index is 2660. The van der Waals surface area contributed by atoms with Crippen LogP contribution in [0.2, 0.25) is 0 Å². The number of hydrogen-bond donors (Lipinski definition) is 1. The van der Waals surface area contributed by atoms with Crippen LogP contribution < -0.4 is 9.80 Å². The van der Waals surface area contributed by atoms with Crippen LogP contribution in [-0.4, -0.2) is 43.5 Å². The predicted molar refractivity (Wildman–Crippen MR) is 204 cm³/mol. The van der Waals surface area contributed by atoms with E-state index in [0.717, 1.165) is 22.4 Å². The Balaban J connectivity index is 1.09. The van der Waals surface area contributed by atoms with Gasteiger partial charge in [0, 0.05) is 17.0 Å². The maximum atomic E-state index is 14.8. The molecule has 0 spiro atoms. The first-order valence-electron chi connectivity index (χ1n) is 17.8. The van der Waals surface area contributed by atoms with Gasteiger partial charge in [-0.25, -0.2) is 14.3 Å². The van der Waals surface area contributed by atoms with E-state index in [0.29, 0.717) is 39.2 Å².